The Morgan fingerprint density at radius 2 is 1.55 bits per heavy atom. The molecule has 40 heavy (non-hydrogen) atoms. The third-order valence-electron chi connectivity index (χ3n) is 6.52. The van der Waals surface area contributed by atoms with Gasteiger partial charge in [-0.1, -0.05) is 80.3 Å². The monoisotopic (exact) mass is 705 g/mol. The first-order valence-corrected chi connectivity index (χ1v) is 12.7. The molecule has 7 rings (SSSR count). The molecule has 0 unspecified atom stereocenters. The van der Waals surface area contributed by atoms with E-state index in [1.54, 1.807) is 6.07 Å². The number of rotatable bonds is 2. The summed E-state index contributed by atoms with van der Waals surface area (Å²) < 4.78 is 24.6. The molecule has 1 radical (unpaired) electrons. The number of hydrogen-bond donors (Lipinski definition) is 0. The Morgan fingerprint density at radius 1 is 0.775 bits per heavy atom. The van der Waals surface area contributed by atoms with Crippen molar-refractivity contribution in [2.24, 2.45) is 0 Å². The number of oxazole rings is 1. The predicted octanol–water partition coefficient (Wildman–Crippen LogP) is 9.18. The van der Waals surface area contributed by atoms with E-state index < -0.39 is 0 Å². The Balaban J connectivity index is 0.000000163. The summed E-state index contributed by atoms with van der Waals surface area (Å²) in [6.45, 7) is 6.44. The van der Waals surface area contributed by atoms with Crippen molar-refractivity contribution in [2.45, 2.75) is 26.2 Å². The Bertz CT molecular complexity index is 1870. The molecular formula is C34H25FIrN2O2-2. The molecule has 0 aliphatic carbocycles. The Kier molecular flexibility index (Phi) is 7.66. The molecule has 0 aliphatic rings. The van der Waals surface area contributed by atoms with Crippen molar-refractivity contribution in [3.05, 3.63) is 121 Å². The first-order chi connectivity index (χ1) is 18.9. The summed E-state index contributed by atoms with van der Waals surface area (Å²) in [5.41, 5.74) is 7.03. The van der Waals surface area contributed by atoms with Crippen molar-refractivity contribution in [3.8, 4) is 22.7 Å². The standard InChI is InChI=1S/C19H10NO2.C15H15FN.Ir/c1-3-9-15-12(6-1)18-13(7-5-11-17(18)21-15)19-20-14-8-2-4-10-16(14)22-19;1-15(2,3)12-6-9-14(17-10-12)11-4-7-13(16)8-5-11;/h1-6,8-11H;4,6-10H,1-3H3;/q2*-1;. The van der Waals surface area contributed by atoms with Crippen molar-refractivity contribution in [2.75, 3.05) is 0 Å². The third-order valence-corrected chi connectivity index (χ3v) is 6.52. The first-order valence-electron chi connectivity index (χ1n) is 12.7. The quantitative estimate of drug-likeness (QED) is 0.169. The SMILES string of the molecule is CC(C)(C)c1ccc(-c2[c-]cc(F)cc2)nc1.[Ir].[c-]1ccc2oc3ccccc3c2c1-c1nc2ccccc2o1. The van der Waals surface area contributed by atoms with E-state index in [1.807, 2.05) is 72.9 Å². The van der Waals surface area contributed by atoms with Gasteiger partial charge < -0.3 is 13.8 Å². The summed E-state index contributed by atoms with van der Waals surface area (Å²) in [4.78, 5) is 8.97. The summed E-state index contributed by atoms with van der Waals surface area (Å²) in [5.74, 6) is 0.290. The number of furan rings is 1. The van der Waals surface area contributed by atoms with E-state index in [0.29, 0.717) is 5.89 Å². The molecule has 4 aromatic carbocycles. The maximum Gasteiger partial charge on any atom is 0.142 e. The number of benzene rings is 4. The van der Waals surface area contributed by atoms with Gasteiger partial charge in [0.15, 0.2) is 0 Å². The maximum absolute atomic E-state index is 12.8. The van der Waals surface area contributed by atoms with Crippen LogP contribution in [0.15, 0.2) is 106 Å². The van der Waals surface area contributed by atoms with Gasteiger partial charge in [0.1, 0.15) is 17.1 Å². The molecule has 0 N–H and O–H groups in total. The second-order valence-corrected chi connectivity index (χ2v) is 10.3. The molecule has 0 amide bonds. The van der Waals surface area contributed by atoms with Crippen LogP contribution >= 0.6 is 0 Å². The van der Waals surface area contributed by atoms with E-state index in [9.17, 15) is 4.39 Å². The molecular weight excluding hydrogens is 680 g/mol. The summed E-state index contributed by atoms with van der Waals surface area (Å²) in [7, 11) is 0. The van der Waals surface area contributed by atoms with Gasteiger partial charge in [0, 0.05) is 32.1 Å². The number of hydrogen-bond acceptors (Lipinski definition) is 4. The molecule has 0 saturated carbocycles. The fourth-order valence-electron chi connectivity index (χ4n) is 4.42. The zero-order valence-electron chi connectivity index (χ0n) is 22.2. The molecule has 7 aromatic rings. The Morgan fingerprint density at radius 3 is 2.25 bits per heavy atom. The summed E-state index contributed by atoms with van der Waals surface area (Å²) in [5, 5.41) is 2.04. The van der Waals surface area contributed by atoms with Crippen LogP contribution in [-0.4, -0.2) is 9.97 Å². The molecule has 0 atom stereocenters. The van der Waals surface area contributed by atoms with Gasteiger partial charge in [0.25, 0.3) is 0 Å². The van der Waals surface area contributed by atoms with Crippen LogP contribution in [0.3, 0.4) is 0 Å². The number of para-hydroxylation sites is 3. The van der Waals surface area contributed by atoms with Gasteiger partial charge >= 0.3 is 0 Å². The van der Waals surface area contributed by atoms with Gasteiger partial charge in [-0.25, -0.2) is 0 Å². The second kappa shape index (κ2) is 11.2. The van der Waals surface area contributed by atoms with Crippen LogP contribution in [0.4, 0.5) is 4.39 Å². The fourth-order valence-corrected chi connectivity index (χ4v) is 4.42. The van der Waals surface area contributed by atoms with Crippen molar-refractivity contribution >= 4 is 33.0 Å². The van der Waals surface area contributed by atoms with Crippen LogP contribution in [0.5, 0.6) is 0 Å². The van der Waals surface area contributed by atoms with Crippen molar-refractivity contribution in [3.63, 3.8) is 0 Å². The summed E-state index contributed by atoms with van der Waals surface area (Å²) in [6, 6.07) is 34.0. The van der Waals surface area contributed by atoms with E-state index in [-0.39, 0.29) is 31.3 Å². The molecule has 0 bridgehead atoms. The van der Waals surface area contributed by atoms with Crippen LogP contribution in [-0.2, 0) is 25.5 Å². The van der Waals surface area contributed by atoms with E-state index in [4.69, 9.17) is 8.83 Å². The van der Waals surface area contributed by atoms with Crippen molar-refractivity contribution in [1.29, 1.82) is 0 Å². The number of pyridine rings is 1. The van der Waals surface area contributed by atoms with Gasteiger partial charge in [0.2, 0.25) is 0 Å². The second-order valence-electron chi connectivity index (χ2n) is 10.3. The van der Waals surface area contributed by atoms with E-state index in [0.717, 1.165) is 49.9 Å². The molecule has 0 saturated heterocycles. The summed E-state index contributed by atoms with van der Waals surface area (Å²) >= 11 is 0. The fraction of sp³-hybridized carbons (Fsp3) is 0.118. The zero-order valence-corrected chi connectivity index (χ0v) is 24.6. The molecule has 4 nitrogen and oxygen atoms in total. The molecule has 0 spiro atoms. The smallest absolute Gasteiger partial charge is 0.142 e. The normalized spacial score (nSPS) is 11.3. The predicted molar refractivity (Wildman–Crippen MR) is 153 cm³/mol. The van der Waals surface area contributed by atoms with Crippen LogP contribution in [0.1, 0.15) is 26.3 Å². The molecule has 3 heterocycles. The molecule has 0 fully saturated rings. The largest absolute Gasteiger partial charge is 0.481 e. The van der Waals surface area contributed by atoms with Gasteiger partial charge in [-0.15, -0.1) is 42.0 Å². The molecule has 201 valence electrons. The van der Waals surface area contributed by atoms with E-state index >= 15 is 0 Å². The van der Waals surface area contributed by atoms with E-state index in [1.165, 1.54) is 17.7 Å². The maximum atomic E-state index is 12.8. The van der Waals surface area contributed by atoms with Gasteiger partial charge in [0.05, 0.1) is 11.1 Å². The number of halogens is 1. The van der Waals surface area contributed by atoms with Crippen LogP contribution in [0, 0.1) is 17.9 Å². The van der Waals surface area contributed by atoms with Crippen LogP contribution in [0.25, 0.3) is 55.7 Å². The number of nitrogens with zero attached hydrogens (tertiary/aromatic N) is 2. The Hall–Kier alpha value is -4.12. The number of aromatic nitrogens is 2. The minimum Gasteiger partial charge on any atom is -0.481 e. The Labute approximate surface area is 245 Å². The molecule has 0 aliphatic heterocycles. The minimum atomic E-state index is -0.278. The number of fused-ring (bicyclic) bond motifs is 4. The van der Waals surface area contributed by atoms with Crippen molar-refractivity contribution < 1.29 is 33.3 Å². The minimum absolute atomic E-state index is 0. The first kappa shape index (κ1) is 27.4. The summed E-state index contributed by atoms with van der Waals surface area (Å²) in [6.07, 6.45) is 1.87. The third kappa shape index (κ3) is 5.46. The molecule has 3 aromatic heterocycles. The zero-order chi connectivity index (χ0) is 27.0. The van der Waals surface area contributed by atoms with Gasteiger partial charge in [-0.3, -0.25) is 9.37 Å². The average molecular weight is 705 g/mol. The topological polar surface area (TPSA) is 52.1 Å². The van der Waals surface area contributed by atoms with Crippen molar-refractivity contribution in [1.82, 2.24) is 9.97 Å². The van der Waals surface area contributed by atoms with Crippen LogP contribution < -0.4 is 0 Å². The average Bonchev–Trinajstić information content (AvgIpc) is 3.55. The molecule has 6 heteroatoms. The van der Waals surface area contributed by atoms with E-state index in [2.05, 4.69) is 48.9 Å². The van der Waals surface area contributed by atoms with Gasteiger partial charge in [-0.05, 0) is 40.3 Å². The van der Waals surface area contributed by atoms with Gasteiger partial charge in [-0.2, -0.15) is 0 Å². The van der Waals surface area contributed by atoms with Crippen LogP contribution in [0.2, 0.25) is 0 Å².